The van der Waals surface area contributed by atoms with Crippen molar-refractivity contribution >= 4 is 11.4 Å². The maximum atomic E-state index is 6.34. The number of aliphatic imine (C=N–C) groups is 1. The van der Waals surface area contributed by atoms with Crippen LogP contribution >= 0.6 is 0 Å². The van der Waals surface area contributed by atoms with E-state index in [0.29, 0.717) is 0 Å². The lowest BCUT2D eigenvalue weighted by atomic mass is 9.96. The summed E-state index contributed by atoms with van der Waals surface area (Å²) in [4.78, 5) is 5.25. The van der Waals surface area contributed by atoms with Crippen molar-refractivity contribution in [1.29, 1.82) is 0 Å². The van der Waals surface area contributed by atoms with Gasteiger partial charge in [-0.2, -0.15) is 0 Å². The van der Waals surface area contributed by atoms with E-state index in [-0.39, 0.29) is 6.04 Å². The van der Waals surface area contributed by atoms with Crippen LogP contribution in [0.3, 0.4) is 0 Å². The number of para-hydroxylation sites is 1. The molecular formula is C26H22N2. The Labute approximate surface area is 166 Å². The van der Waals surface area contributed by atoms with Gasteiger partial charge in [-0.25, -0.2) is 0 Å². The Morgan fingerprint density at radius 3 is 1.57 bits per heavy atom. The minimum Gasteiger partial charge on any atom is -0.398 e. The average molecular weight is 362 g/mol. The third kappa shape index (κ3) is 3.86. The molecule has 0 heterocycles. The van der Waals surface area contributed by atoms with E-state index in [1.165, 1.54) is 0 Å². The molecule has 1 atom stereocenters. The Morgan fingerprint density at radius 1 is 0.571 bits per heavy atom. The summed E-state index contributed by atoms with van der Waals surface area (Å²) < 4.78 is 0. The summed E-state index contributed by atoms with van der Waals surface area (Å²) in [7, 11) is 0. The van der Waals surface area contributed by atoms with Gasteiger partial charge in [0.15, 0.2) is 0 Å². The van der Waals surface area contributed by atoms with Crippen LogP contribution in [0.1, 0.15) is 28.3 Å². The lowest BCUT2D eigenvalue weighted by molar-refractivity contribution is 0.876. The average Bonchev–Trinajstić information content (AvgIpc) is 2.77. The molecule has 136 valence electrons. The Hall–Kier alpha value is -3.65. The zero-order valence-electron chi connectivity index (χ0n) is 15.6. The molecule has 2 nitrogen and oxygen atoms in total. The van der Waals surface area contributed by atoms with Gasteiger partial charge in [0.25, 0.3) is 0 Å². The normalized spacial score (nSPS) is 11.6. The van der Waals surface area contributed by atoms with E-state index in [2.05, 4.69) is 42.5 Å². The van der Waals surface area contributed by atoms with Crippen molar-refractivity contribution in [2.24, 2.45) is 4.99 Å². The monoisotopic (exact) mass is 362 g/mol. The summed E-state index contributed by atoms with van der Waals surface area (Å²) in [5, 5.41) is 0. The van der Waals surface area contributed by atoms with Crippen LogP contribution in [0.25, 0.3) is 0 Å². The predicted molar refractivity (Wildman–Crippen MR) is 118 cm³/mol. The van der Waals surface area contributed by atoms with E-state index in [1.807, 2.05) is 72.8 Å². The summed E-state index contributed by atoms with van der Waals surface area (Å²) >= 11 is 0. The second-order valence-corrected chi connectivity index (χ2v) is 6.65. The highest BCUT2D eigenvalue weighted by atomic mass is 14.8. The minimum atomic E-state index is -0.183. The van der Waals surface area contributed by atoms with Crippen LogP contribution in [0.4, 0.5) is 5.69 Å². The number of benzene rings is 4. The van der Waals surface area contributed by atoms with Crippen molar-refractivity contribution < 1.29 is 0 Å². The first-order valence-electron chi connectivity index (χ1n) is 9.41. The molecule has 0 bridgehead atoms. The van der Waals surface area contributed by atoms with Crippen LogP contribution in [0.2, 0.25) is 0 Å². The summed E-state index contributed by atoms with van der Waals surface area (Å²) in [6.07, 6.45) is 0. The van der Waals surface area contributed by atoms with Crippen molar-refractivity contribution in [3.8, 4) is 0 Å². The molecule has 0 aromatic heterocycles. The van der Waals surface area contributed by atoms with Crippen LogP contribution in [0.5, 0.6) is 0 Å². The van der Waals surface area contributed by atoms with Gasteiger partial charge in [0.2, 0.25) is 0 Å². The molecule has 4 rings (SSSR count). The third-order valence-electron chi connectivity index (χ3n) is 4.76. The number of nitrogens with zero attached hydrogens (tertiary/aromatic N) is 1. The van der Waals surface area contributed by atoms with Gasteiger partial charge >= 0.3 is 0 Å². The summed E-state index contributed by atoms with van der Waals surface area (Å²) in [6.45, 7) is 0. The summed E-state index contributed by atoms with van der Waals surface area (Å²) in [6, 6.07) is 38.7. The number of rotatable bonds is 5. The minimum absolute atomic E-state index is 0.183. The maximum absolute atomic E-state index is 6.34. The Balaban J connectivity index is 1.93. The molecule has 2 N–H and O–H groups in total. The first-order chi connectivity index (χ1) is 13.8. The van der Waals surface area contributed by atoms with Crippen molar-refractivity contribution in [2.45, 2.75) is 6.04 Å². The molecule has 0 aliphatic carbocycles. The van der Waals surface area contributed by atoms with Gasteiger partial charge in [-0.15, -0.1) is 0 Å². The summed E-state index contributed by atoms with van der Waals surface area (Å²) in [5.41, 5.74) is 12.4. The van der Waals surface area contributed by atoms with Gasteiger partial charge in [-0.1, -0.05) is 109 Å². The topological polar surface area (TPSA) is 38.4 Å². The fourth-order valence-electron chi connectivity index (χ4n) is 3.36. The van der Waals surface area contributed by atoms with Crippen LogP contribution in [-0.4, -0.2) is 5.71 Å². The van der Waals surface area contributed by atoms with Crippen LogP contribution in [0.15, 0.2) is 120 Å². The SMILES string of the molecule is Nc1ccccc1C(N=C(c1ccccc1)c1ccccc1)c1ccccc1. The highest BCUT2D eigenvalue weighted by Gasteiger charge is 2.18. The number of hydrogen-bond acceptors (Lipinski definition) is 2. The highest BCUT2D eigenvalue weighted by Crippen LogP contribution is 2.31. The van der Waals surface area contributed by atoms with Crippen LogP contribution < -0.4 is 5.73 Å². The molecule has 0 spiro atoms. The van der Waals surface area contributed by atoms with Gasteiger partial charge in [-0.05, 0) is 11.6 Å². The first kappa shape index (κ1) is 17.7. The van der Waals surface area contributed by atoms with E-state index in [9.17, 15) is 0 Å². The summed E-state index contributed by atoms with van der Waals surface area (Å²) in [5.74, 6) is 0. The lowest BCUT2D eigenvalue weighted by Crippen LogP contribution is -2.09. The van der Waals surface area contributed by atoms with E-state index in [0.717, 1.165) is 33.7 Å². The molecule has 0 saturated carbocycles. The Bertz CT molecular complexity index is 1010. The molecule has 1 unspecified atom stereocenters. The Kier molecular flexibility index (Phi) is 5.30. The molecule has 4 aromatic rings. The fraction of sp³-hybridized carbons (Fsp3) is 0.0385. The maximum Gasteiger partial charge on any atom is 0.103 e. The molecule has 2 heteroatoms. The van der Waals surface area contributed by atoms with Crippen molar-refractivity contribution in [3.63, 3.8) is 0 Å². The van der Waals surface area contributed by atoms with Gasteiger partial charge in [0.1, 0.15) is 6.04 Å². The van der Waals surface area contributed by atoms with Crippen molar-refractivity contribution in [2.75, 3.05) is 5.73 Å². The largest absolute Gasteiger partial charge is 0.398 e. The van der Waals surface area contributed by atoms with E-state index >= 15 is 0 Å². The smallest absolute Gasteiger partial charge is 0.103 e. The Morgan fingerprint density at radius 2 is 1.04 bits per heavy atom. The van der Waals surface area contributed by atoms with E-state index in [4.69, 9.17) is 10.7 Å². The molecule has 0 saturated heterocycles. The zero-order valence-corrected chi connectivity index (χ0v) is 15.6. The number of nitrogens with two attached hydrogens (primary N) is 1. The first-order valence-corrected chi connectivity index (χ1v) is 9.41. The predicted octanol–water partition coefficient (Wildman–Crippen LogP) is 5.90. The molecule has 28 heavy (non-hydrogen) atoms. The van der Waals surface area contributed by atoms with Crippen molar-refractivity contribution in [3.05, 3.63) is 138 Å². The number of hydrogen-bond donors (Lipinski definition) is 1. The molecule has 0 fully saturated rings. The van der Waals surface area contributed by atoms with E-state index < -0.39 is 0 Å². The standard InChI is InChI=1S/C26H22N2/c27-24-19-11-10-18-23(24)26(22-16-8-3-9-17-22)28-25(20-12-4-1-5-13-20)21-14-6-2-7-15-21/h1-19,26H,27H2. The quantitative estimate of drug-likeness (QED) is 0.348. The zero-order chi connectivity index (χ0) is 19.2. The fourth-order valence-corrected chi connectivity index (χ4v) is 3.36. The molecule has 0 aliphatic rings. The van der Waals surface area contributed by atoms with Crippen LogP contribution in [0, 0.1) is 0 Å². The molecule has 4 aromatic carbocycles. The molecular weight excluding hydrogens is 340 g/mol. The third-order valence-corrected chi connectivity index (χ3v) is 4.76. The number of nitrogen functional groups attached to an aromatic ring is 1. The molecule has 0 aliphatic heterocycles. The second kappa shape index (κ2) is 8.36. The van der Waals surface area contributed by atoms with Gasteiger partial charge < -0.3 is 5.73 Å². The van der Waals surface area contributed by atoms with Gasteiger partial charge in [-0.3, -0.25) is 4.99 Å². The van der Waals surface area contributed by atoms with Gasteiger partial charge in [0, 0.05) is 22.4 Å². The van der Waals surface area contributed by atoms with Crippen molar-refractivity contribution in [1.82, 2.24) is 0 Å². The van der Waals surface area contributed by atoms with Crippen LogP contribution in [-0.2, 0) is 0 Å². The second-order valence-electron chi connectivity index (χ2n) is 6.65. The highest BCUT2D eigenvalue weighted by molar-refractivity contribution is 6.13. The lowest BCUT2D eigenvalue weighted by Gasteiger charge is -2.18. The van der Waals surface area contributed by atoms with E-state index in [1.54, 1.807) is 0 Å². The molecule has 0 radical (unpaired) electrons. The number of anilines is 1. The van der Waals surface area contributed by atoms with Gasteiger partial charge in [0.05, 0.1) is 5.71 Å². The molecule has 0 amide bonds.